The molecule has 0 saturated heterocycles. The van der Waals surface area contributed by atoms with Crippen LogP contribution in [0.5, 0.6) is 0 Å². The first-order valence-electron chi connectivity index (χ1n) is 7.60. The van der Waals surface area contributed by atoms with Gasteiger partial charge in [0, 0.05) is 30.7 Å². The first-order chi connectivity index (χ1) is 12.5. The minimum Gasteiger partial charge on any atom is -0.439 e. The second-order valence-corrected chi connectivity index (χ2v) is 5.58. The summed E-state index contributed by atoms with van der Waals surface area (Å²) in [4.78, 5) is 53.1. The smallest absolute Gasteiger partial charge is 0.384 e. The highest BCUT2D eigenvalue weighted by Gasteiger charge is 2.58. The summed E-state index contributed by atoms with van der Waals surface area (Å²) in [5.41, 5.74) is 0.861. The van der Waals surface area contributed by atoms with Crippen LogP contribution in [0.2, 0.25) is 0 Å². The molecule has 1 atom stereocenters. The second kappa shape index (κ2) is 5.81. The van der Waals surface area contributed by atoms with Gasteiger partial charge in [-0.3, -0.25) is 0 Å². The summed E-state index contributed by atoms with van der Waals surface area (Å²) in [6, 6.07) is 6.61. The number of carbonyl (C=O) groups excluding carboxylic acids is 4. The lowest BCUT2D eigenvalue weighted by Crippen LogP contribution is -2.61. The molecule has 9 heteroatoms. The second-order valence-electron chi connectivity index (χ2n) is 5.58. The van der Waals surface area contributed by atoms with E-state index in [0.29, 0.717) is 5.56 Å². The van der Waals surface area contributed by atoms with Gasteiger partial charge in [-0.05, 0) is 16.7 Å². The molecule has 3 aliphatic heterocycles. The maximum absolute atomic E-state index is 12.1. The maximum Gasteiger partial charge on any atom is 0.384 e. The highest BCUT2D eigenvalue weighted by Crippen LogP contribution is 2.42. The van der Waals surface area contributed by atoms with Gasteiger partial charge in [0.25, 0.3) is 0 Å². The van der Waals surface area contributed by atoms with Crippen molar-refractivity contribution >= 4 is 23.9 Å². The van der Waals surface area contributed by atoms with Gasteiger partial charge in [0.2, 0.25) is 0 Å². The third-order valence-electron chi connectivity index (χ3n) is 3.93. The van der Waals surface area contributed by atoms with Crippen LogP contribution in [-0.4, -0.2) is 35.2 Å². The van der Waals surface area contributed by atoms with Crippen LogP contribution < -0.4 is 0 Å². The fourth-order valence-electron chi connectivity index (χ4n) is 2.93. The van der Waals surface area contributed by atoms with Crippen LogP contribution in [0.4, 0.5) is 0 Å². The molecule has 9 nitrogen and oxygen atoms in total. The summed E-state index contributed by atoms with van der Waals surface area (Å²) in [6.45, 7) is 0. The molecule has 0 aliphatic carbocycles. The topological polar surface area (TPSA) is 108 Å². The Labute approximate surface area is 146 Å². The molecule has 0 saturated carbocycles. The van der Waals surface area contributed by atoms with E-state index in [1.165, 1.54) is 0 Å². The van der Waals surface area contributed by atoms with Crippen LogP contribution in [0.15, 0.2) is 48.6 Å². The number of ether oxygens (including phenoxy) is 3. The largest absolute Gasteiger partial charge is 0.439 e. The van der Waals surface area contributed by atoms with Crippen molar-refractivity contribution in [1.82, 2.24) is 5.06 Å². The third-order valence-corrected chi connectivity index (χ3v) is 3.93. The van der Waals surface area contributed by atoms with Gasteiger partial charge in [-0.15, -0.1) is 0 Å². The van der Waals surface area contributed by atoms with Gasteiger partial charge in [0.15, 0.2) is 6.23 Å². The molecule has 0 N–H and O–H groups in total. The quantitative estimate of drug-likeness (QED) is 0.602. The van der Waals surface area contributed by atoms with E-state index in [2.05, 4.69) is 0 Å². The molecular weight excluding hydrogens is 346 g/mol. The molecule has 0 bridgehead atoms. The van der Waals surface area contributed by atoms with E-state index in [1.54, 1.807) is 24.3 Å². The van der Waals surface area contributed by atoms with Crippen molar-refractivity contribution in [1.29, 1.82) is 0 Å². The average molecular weight is 357 g/mol. The Hall–Kier alpha value is -3.46. The first-order valence-corrected chi connectivity index (χ1v) is 7.60. The Kier molecular flexibility index (Phi) is 3.58. The molecule has 1 spiro atoms. The molecule has 0 amide bonds. The SMILES string of the molecule is O=C1C=CC(=O)OC2(O1)c1ccccc1CC1OC(=O)/C=C/C(=O)ON12. The maximum atomic E-state index is 12.1. The van der Waals surface area contributed by atoms with E-state index in [0.717, 1.165) is 29.4 Å². The molecule has 3 aliphatic rings. The number of carbonyl (C=O) groups is 4. The first kappa shape index (κ1) is 16.0. The third kappa shape index (κ3) is 2.54. The van der Waals surface area contributed by atoms with Crippen LogP contribution in [0.3, 0.4) is 0 Å². The van der Waals surface area contributed by atoms with Crippen molar-refractivity contribution in [2.45, 2.75) is 18.6 Å². The molecule has 0 aromatic heterocycles. The monoisotopic (exact) mass is 357 g/mol. The minimum atomic E-state index is -2.22. The van der Waals surface area contributed by atoms with Crippen LogP contribution in [0, 0.1) is 0 Å². The highest BCUT2D eigenvalue weighted by atomic mass is 16.9. The molecule has 26 heavy (non-hydrogen) atoms. The van der Waals surface area contributed by atoms with Gasteiger partial charge < -0.3 is 19.0 Å². The summed E-state index contributed by atoms with van der Waals surface area (Å²) < 4.78 is 16.0. The number of rotatable bonds is 0. The van der Waals surface area contributed by atoms with Gasteiger partial charge in [-0.1, -0.05) is 18.2 Å². The van der Waals surface area contributed by atoms with Crippen molar-refractivity contribution in [2.24, 2.45) is 0 Å². The van der Waals surface area contributed by atoms with Crippen LogP contribution in [-0.2, 0) is 50.6 Å². The van der Waals surface area contributed by atoms with Crippen molar-refractivity contribution in [3.8, 4) is 0 Å². The lowest BCUT2D eigenvalue weighted by atomic mass is 9.96. The van der Waals surface area contributed by atoms with Crippen LogP contribution in [0.1, 0.15) is 11.1 Å². The number of fused-ring (bicyclic) bond motifs is 4. The zero-order chi connectivity index (χ0) is 18.3. The Morgan fingerprint density at radius 1 is 0.846 bits per heavy atom. The fraction of sp³-hybridized carbons (Fsp3) is 0.176. The van der Waals surface area contributed by atoms with E-state index in [4.69, 9.17) is 19.0 Å². The Morgan fingerprint density at radius 3 is 2.19 bits per heavy atom. The van der Waals surface area contributed by atoms with E-state index in [9.17, 15) is 19.2 Å². The molecular formula is C17H11NO8. The fourth-order valence-corrected chi connectivity index (χ4v) is 2.93. The molecule has 3 heterocycles. The van der Waals surface area contributed by atoms with E-state index >= 15 is 0 Å². The van der Waals surface area contributed by atoms with Gasteiger partial charge >= 0.3 is 29.8 Å². The lowest BCUT2D eigenvalue weighted by Gasteiger charge is -2.45. The summed E-state index contributed by atoms with van der Waals surface area (Å²) in [5.74, 6) is -5.74. The van der Waals surface area contributed by atoms with Crippen LogP contribution in [0.25, 0.3) is 0 Å². The Balaban J connectivity index is 1.91. The van der Waals surface area contributed by atoms with E-state index < -0.39 is 36.0 Å². The number of hydrogen-bond acceptors (Lipinski definition) is 9. The van der Waals surface area contributed by atoms with E-state index in [1.807, 2.05) is 0 Å². The standard InChI is InChI=1S/C17H11NO8/c19-13-5-8-16(22)26-18-12(23-13)9-10-3-1-2-4-11(10)17(18)24-14(20)6-7-15(21)25-17/h1-8,12H,9H2/b8-5+. The van der Waals surface area contributed by atoms with Crippen LogP contribution >= 0.6 is 0 Å². The summed E-state index contributed by atoms with van der Waals surface area (Å²) in [6.07, 6.45) is 2.49. The van der Waals surface area contributed by atoms with Gasteiger partial charge in [0.1, 0.15) is 0 Å². The minimum absolute atomic E-state index is 0.118. The van der Waals surface area contributed by atoms with Gasteiger partial charge in [-0.25, -0.2) is 19.2 Å². The molecule has 0 fully saturated rings. The lowest BCUT2D eigenvalue weighted by molar-refractivity contribution is -0.410. The van der Waals surface area contributed by atoms with Gasteiger partial charge in [-0.2, -0.15) is 0 Å². The number of hydroxylamine groups is 2. The zero-order valence-corrected chi connectivity index (χ0v) is 13.1. The zero-order valence-electron chi connectivity index (χ0n) is 13.1. The number of benzene rings is 1. The average Bonchev–Trinajstić information content (AvgIpc) is 2.75. The van der Waals surface area contributed by atoms with Crippen molar-refractivity contribution in [3.05, 3.63) is 59.7 Å². The van der Waals surface area contributed by atoms with Crippen molar-refractivity contribution in [3.63, 3.8) is 0 Å². The number of esters is 3. The van der Waals surface area contributed by atoms with Gasteiger partial charge in [0.05, 0.1) is 5.56 Å². The molecule has 1 unspecified atom stereocenters. The summed E-state index contributed by atoms with van der Waals surface area (Å²) in [7, 11) is 0. The summed E-state index contributed by atoms with van der Waals surface area (Å²) >= 11 is 0. The predicted molar refractivity (Wildman–Crippen MR) is 80.1 cm³/mol. The molecule has 132 valence electrons. The number of nitrogens with zero attached hydrogens (tertiary/aromatic N) is 1. The molecule has 1 aromatic rings. The summed E-state index contributed by atoms with van der Waals surface area (Å²) in [5, 5.41) is 0.780. The number of hydrogen-bond donors (Lipinski definition) is 0. The molecule has 1 aromatic carbocycles. The Morgan fingerprint density at radius 2 is 1.46 bits per heavy atom. The van der Waals surface area contributed by atoms with E-state index in [-0.39, 0.29) is 12.0 Å². The highest BCUT2D eigenvalue weighted by molar-refractivity contribution is 5.94. The molecule has 0 radical (unpaired) electrons. The normalized spacial score (nSPS) is 25.5. The predicted octanol–water partition coefficient (Wildman–Crippen LogP) is 0.208. The Bertz CT molecular complexity index is 867. The van der Waals surface area contributed by atoms with Crippen molar-refractivity contribution in [2.75, 3.05) is 0 Å². The van der Waals surface area contributed by atoms with Crippen molar-refractivity contribution < 1.29 is 38.2 Å². The molecule has 4 rings (SSSR count).